The number of nitrogens with zero attached hydrogens (tertiary/aromatic N) is 2. The van der Waals surface area contributed by atoms with Crippen LogP contribution in [0, 0.1) is 30.9 Å². The first kappa shape index (κ1) is 21.0. The van der Waals surface area contributed by atoms with Crippen molar-refractivity contribution in [1.29, 1.82) is 0 Å². The van der Waals surface area contributed by atoms with E-state index < -0.39 is 10.8 Å². The molecule has 0 fully saturated rings. The van der Waals surface area contributed by atoms with Crippen LogP contribution >= 0.6 is 0 Å². The van der Waals surface area contributed by atoms with Gasteiger partial charge in [0.1, 0.15) is 11.3 Å². The van der Waals surface area contributed by atoms with Crippen LogP contribution < -0.4 is 10.1 Å². The van der Waals surface area contributed by atoms with E-state index in [1.54, 1.807) is 25.1 Å². The molecule has 8 heteroatoms. The van der Waals surface area contributed by atoms with Crippen LogP contribution in [0.5, 0.6) is 5.75 Å². The van der Waals surface area contributed by atoms with Crippen LogP contribution in [-0.2, 0) is 0 Å². The van der Waals surface area contributed by atoms with Gasteiger partial charge in [-0.2, -0.15) is 0 Å². The highest BCUT2D eigenvalue weighted by atomic mass is 16.6. The van der Waals surface area contributed by atoms with E-state index in [-0.39, 0.29) is 5.69 Å². The minimum absolute atomic E-state index is 0.0393. The number of aromatic nitrogens is 1. The lowest BCUT2D eigenvalue weighted by Gasteiger charge is -2.11. The smallest absolute Gasteiger partial charge is 0.272 e. The van der Waals surface area contributed by atoms with Crippen molar-refractivity contribution in [3.63, 3.8) is 0 Å². The monoisotopic (exact) mass is 431 g/mol. The second kappa shape index (κ2) is 8.14. The lowest BCUT2D eigenvalue weighted by atomic mass is 10.1. The Morgan fingerprint density at radius 3 is 2.47 bits per heavy atom. The van der Waals surface area contributed by atoms with E-state index in [1.807, 2.05) is 26.0 Å². The highest BCUT2D eigenvalue weighted by molar-refractivity contribution is 6.05. The van der Waals surface area contributed by atoms with Crippen molar-refractivity contribution >= 4 is 28.4 Å². The third kappa shape index (κ3) is 3.90. The topological polar surface area (TPSA) is 108 Å². The molecule has 1 aromatic heterocycles. The number of hydrogen-bond acceptors (Lipinski definition) is 6. The van der Waals surface area contributed by atoms with Crippen molar-refractivity contribution in [2.75, 3.05) is 12.4 Å². The number of ether oxygens (including phenoxy) is 1. The number of rotatable bonds is 5. The van der Waals surface area contributed by atoms with Crippen LogP contribution in [0.1, 0.15) is 27.0 Å². The molecule has 0 aliphatic rings. The van der Waals surface area contributed by atoms with E-state index in [1.165, 1.54) is 25.3 Å². The summed E-state index contributed by atoms with van der Waals surface area (Å²) in [5.74, 6) is 0.472. The molecule has 4 aromatic rings. The summed E-state index contributed by atoms with van der Waals surface area (Å²) in [4.78, 5) is 27.9. The van der Waals surface area contributed by atoms with Crippen molar-refractivity contribution in [2.45, 2.75) is 20.8 Å². The number of amides is 1. The van der Waals surface area contributed by atoms with Crippen molar-refractivity contribution in [3.05, 3.63) is 80.9 Å². The Morgan fingerprint density at radius 2 is 1.78 bits per heavy atom. The number of carbonyl (C=O) groups is 1. The number of oxazole rings is 1. The van der Waals surface area contributed by atoms with Gasteiger partial charge in [-0.3, -0.25) is 14.9 Å². The Balaban J connectivity index is 1.67. The quantitative estimate of drug-likeness (QED) is 0.326. The summed E-state index contributed by atoms with van der Waals surface area (Å²) in [5.41, 5.74) is 5.45. The molecule has 1 amide bonds. The zero-order valence-electron chi connectivity index (χ0n) is 18.1. The number of anilines is 1. The fourth-order valence-corrected chi connectivity index (χ4v) is 3.44. The Hall–Kier alpha value is -4.20. The molecule has 0 saturated carbocycles. The summed E-state index contributed by atoms with van der Waals surface area (Å²) in [7, 11) is 1.51. The maximum absolute atomic E-state index is 12.8. The summed E-state index contributed by atoms with van der Waals surface area (Å²) < 4.78 is 11.3. The van der Waals surface area contributed by atoms with Gasteiger partial charge in [0.25, 0.3) is 11.6 Å². The van der Waals surface area contributed by atoms with Crippen molar-refractivity contribution in [1.82, 2.24) is 4.98 Å². The lowest BCUT2D eigenvalue weighted by molar-refractivity contribution is -0.385. The molecule has 0 aliphatic carbocycles. The van der Waals surface area contributed by atoms with Crippen LogP contribution in [0.2, 0.25) is 0 Å². The number of methoxy groups -OCH3 is 1. The maximum Gasteiger partial charge on any atom is 0.272 e. The molecule has 162 valence electrons. The second-order valence-corrected chi connectivity index (χ2v) is 7.55. The number of carbonyl (C=O) groups excluding carboxylic acids is 1. The molecular weight excluding hydrogens is 410 g/mol. The molecule has 32 heavy (non-hydrogen) atoms. The lowest BCUT2D eigenvalue weighted by Crippen LogP contribution is -2.13. The molecule has 0 saturated heterocycles. The van der Waals surface area contributed by atoms with Gasteiger partial charge < -0.3 is 14.5 Å². The van der Waals surface area contributed by atoms with Crippen LogP contribution in [0.4, 0.5) is 11.4 Å². The average Bonchev–Trinajstić information content (AvgIpc) is 3.16. The molecule has 0 radical (unpaired) electrons. The van der Waals surface area contributed by atoms with E-state index >= 15 is 0 Å². The van der Waals surface area contributed by atoms with Crippen molar-refractivity contribution < 1.29 is 18.9 Å². The van der Waals surface area contributed by atoms with E-state index in [0.717, 1.165) is 16.6 Å². The third-order valence-electron chi connectivity index (χ3n) is 5.35. The number of aryl methyl sites for hydroxylation is 3. The number of benzene rings is 3. The first-order valence-corrected chi connectivity index (χ1v) is 9.89. The number of nitro benzene ring substituents is 1. The predicted octanol–water partition coefficient (Wildman–Crippen LogP) is 5.59. The largest absolute Gasteiger partial charge is 0.495 e. The first-order chi connectivity index (χ1) is 15.3. The minimum atomic E-state index is -0.479. The van der Waals surface area contributed by atoms with E-state index in [9.17, 15) is 14.9 Å². The average molecular weight is 431 g/mol. The molecule has 0 bridgehead atoms. The molecule has 1 heterocycles. The fraction of sp³-hybridized carbons (Fsp3) is 0.167. The van der Waals surface area contributed by atoms with Crippen LogP contribution in [0.3, 0.4) is 0 Å². The fourth-order valence-electron chi connectivity index (χ4n) is 3.44. The second-order valence-electron chi connectivity index (χ2n) is 7.55. The van der Waals surface area contributed by atoms with E-state index in [4.69, 9.17) is 9.15 Å². The number of nitrogens with one attached hydrogen (secondary N) is 1. The van der Waals surface area contributed by atoms with Crippen LogP contribution in [-0.4, -0.2) is 22.9 Å². The molecule has 1 N–H and O–H groups in total. The summed E-state index contributed by atoms with van der Waals surface area (Å²) in [5, 5.41) is 13.8. The Bertz CT molecular complexity index is 1330. The third-order valence-corrected chi connectivity index (χ3v) is 5.35. The standard InChI is InChI=1S/C24H21N3O5/c1-13-10-18-22(11-14(13)2)32-24(26-18)17-6-8-21(31-4)19(12-17)25-23(28)16-5-7-20(27(29)30)15(3)9-16/h5-12H,1-4H3,(H,25,28). The number of fused-ring (bicyclic) bond motifs is 1. The molecule has 4 rings (SSSR count). The summed E-state index contributed by atoms with van der Waals surface area (Å²) in [6.07, 6.45) is 0. The van der Waals surface area contributed by atoms with Gasteiger partial charge in [0.05, 0.1) is 17.7 Å². The van der Waals surface area contributed by atoms with Gasteiger partial charge in [-0.05, 0) is 74.4 Å². The molecule has 3 aromatic carbocycles. The van der Waals surface area contributed by atoms with Gasteiger partial charge in [-0.15, -0.1) is 0 Å². The van der Waals surface area contributed by atoms with Gasteiger partial charge in [0.2, 0.25) is 5.89 Å². The summed E-state index contributed by atoms with van der Waals surface area (Å²) in [6.45, 7) is 5.62. The van der Waals surface area contributed by atoms with E-state index in [2.05, 4.69) is 10.3 Å². The minimum Gasteiger partial charge on any atom is -0.495 e. The Morgan fingerprint density at radius 1 is 1.03 bits per heavy atom. The normalized spacial score (nSPS) is 10.9. The SMILES string of the molecule is COc1ccc(-c2nc3cc(C)c(C)cc3o2)cc1NC(=O)c1ccc([N+](=O)[O-])c(C)c1. The molecule has 0 atom stereocenters. The Labute approximate surface area is 184 Å². The zero-order valence-corrected chi connectivity index (χ0v) is 18.1. The molecular formula is C24H21N3O5. The summed E-state index contributed by atoms with van der Waals surface area (Å²) >= 11 is 0. The van der Waals surface area contributed by atoms with Gasteiger partial charge in [-0.1, -0.05) is 0 Å². The predicted molar refractivity (Wildman–Crippen MR) is 121 cm³/mol. The van der Waals surface area contributed by atoms with E-state index in [0.29, 0.717) is 39.6 Å². The highest BCUT2D eigenvalue weighted by Gasteiger charge is 2.17. The number of hydrogen-bond donors (Lipinski definition) is 1. The van der Waals surface area contributed by atoms with Crippen LogP contribution in [0.25, 0.3) is 22.6 Å². The van der Waals surface area contributed by atoms with Gasteiger partial charge >= 0.3 is 0 Å². The van der Waals surface area contributed by atoms with Gasteiger partial charge in [0, 0.05) is 22.8 Å². The Kier molecular flexibility index (Phi) is 5.36. The van der Waals surface area contributed by atoms with Crippen molar-refractivity contribution in [3.8, 4) is 17.2 Å². The molecule has 0 aliphatic heterocycles. The number of nitro groups is 1. The molecule has 8 nitrogen and oxygen atoms in total. The zero-order chi connectivity index (χ0) is 23.0. The van der Waals surface area contributed by atoms with Gasteiger partial charge in [-0.25, -0.2) is 4.98 Å². The maximum atomic E-state index is 12.8. The molecule has 0 spiro atoms. The molecule has 0 unspecified atom stereocenters. The summed E-state index contributed by atoms with van der Waals surface area (Å²) in [6, 6.07) is 13.4. The van der Waals surface area contributed by atoms with Gasteiger partial charge in [0.15, 0.2) is 5.58 Å². The van der Waals surface area contributed by atoms with Crippen molar-refractivity contribution in [2.24, 2.45) is 0 Å². The highest BCUT2D eigenvalue weighted by Crippen LogP contribution is 2.33. The first-order valence-electron chi connectivity index (χ1n) is 9.89. The van der Waals surface area contributed by atoms with Crippen LogP contribution in [0.15, 0.2) is 52.9 Å².